The number of pyridine rings is 1. The molecule has 3 rings (SSSR count). The third-order valence-corrected chi connectivity index (χ3v) is 4.96. The van der Waals surface area contributed by atoms with E-state index in [4.69, 9.17) is 21.7 Å². The number of nitrogens with one attached hydrogen (secondary N) is 2. The van der Waals surface area contributed by atoms with Gasteiger partial charge in [0.05, 0.1) is 18.5 Å². The van der Waals surface area contributed by atoms with Crippen molar-refractivity contribution in [2.45, 2.75) is 38.7 Å². The molecule has 7 nitrogen and oxygen atoms in total. The normalized spacial score (nSPS) is 14.4. The molecule has 0 saturated heterocycles. The second-order valence-corrected chi connectivity index (χ2v) is 7.79. The van der Waals surface area contributed by atoms with Gasteiger partial charge in [-0.2, -0.15) is 0 Å². The SMILES string of the molecule is CCCCCOc1ccc(NC(=S)NC(=O)C2Cc3cc(N(C)C)ccc3O2)cn1. The molecule has 1 aromatic heterocycles. The molecule has 2 N–H and O–H groups in total. The van der Waals surface area contributed by atoms with Crippen molar-refractivity contribution in [3.63, 3.8) is 0 Å². The van der Waals surface area contributed by atoms with E-state index in [1.165, 1.54) is 0 Å². The molecule has 8 heteroatoms. The third kappa shape index (κ3) is 5.82. The number of anilines is 2. The largest absolute Gasteiger partial charge is 0.480 e. The molecule has 0 fully saturated rings. The van der Waals surface area contributed by atoms with Crippen molar-refractivity contribution < 1.29 is 14.3 Å². The van der Waals surface area contributed by atoms with Crippen molar-refractivity contribution in [3.8, 4) is 11.6 Å². The number of fused-ring (bicyclic) bond motifs is 1. The number of ether oxygens (including phenoxy) is 2. The van der Waals surface area contributed by atoms with Crippen molar-refractivity contribution in [1.29, 1.82) is 0 Å². The Morgan fingerprint density at radius 3 is 2.83 bits per heavy atom. The molecule has 0 saturated carbocycles. The Labute approximate surface area is 182 Å². The van der Waals surface area contributed by atoms with Crippen molar-refractivity contribution in [3.05, 3.63) is 42.1 Å². The van der Waals surface area contributed by atoms with Gasteiger partial charge in [-0.05, 0) is 42.9 Å². The predicted molar refractivity (Wildman–Crippen MR) is 123 cm³/mol. The molecule has 30 heavy (non-hydrogen) atoms. The summed E-state index contributed by atoms with van der Waals surface area (Å²) in [5, 5.41) is 5.86. The summed E-state index contributed by atoms with van der Waals surface area (Å²) in [5.74, 6) is 1.03. The standard InChI is InChI=1S/C22H28N4O3S/c1-4-5-6-11-28-20-10-7-16(14-23-20)24-22(30)25-21(27)19-13-15-12-17(26(2)3)8-9-18(15)29-19/h7-10,12,14,19H,4-6,11,13H2,1-3H3,(H2,24,25,27,30). The van der Waals surface area contributed by atoms with Gasteiger partial charge in [0, 0.05) is 37.8 Å². The lowest BCUT2D eigenvalue weighted by molar-refractivity contribution is -0.125. The molecular weight excluding hydrogens is 400 g/mol. The van der Waals surface area contributed by atoms with Gasteiger partial charge >= 0.3 is 0 Å². The van der Waals surface area contributed by atoms with E-state index >= 15 is 0 Å². The fourth-order valence-electron chi connectivity index (χ4n) is 3.08. The summed E-state index contributed by atoms with van der Waals surface area (Å²) in [5.41, 5.74) is 2.76. The van der Waals surface area contributed by atoms with Crippen LogP contribution in [0.3, 0.4) is 0 Å². The Kier molecular flexibility index (Phi) is 7.46. The van der Waals surface area contributed by atoms with Gasteiger partial charge in [-0.25, -0.2) is 4.98 Å². The fraction of sp³-hybridized carbons (Fsp3) is 0.409. The molecule has 2 heterocycles. The summed E-state index contributed by atoms with van der Waals surface area (Å²) in [7, 11) is 3.96. The van der Waals surface area contributed by atoms with Gasteiger partial charge in [0.25, 0.3) is 5.91 Å². The molecule has 1 amide bonds. The maximum absolute atomic E-state index is 12.5. The molecule has 0 radical (unpaired) electrons. The van der Waals surface area contributed by atoms with Crippen LogP contribution in [0.4, 0.5) is 11.4 Å². The first-order chi connectivity index (χ1) is 14.5. The van der Waals surface area contributed by atoms with E-state index in [1.807, 2.05) is 43.3 Å². The van der Waals surface area contributed by atoms with E-state index in [0.29, 0.717) is 24.6 Å². The Balaban J connectivity index is 1.47. The first kappa shape index (κ1) is 21.8. The Morgan fingerprint density at radius 2 is 2.13 bits per heavy atom. The molecule has 1 atom stereocenters. The summed E-state index contributed by atoms with van der Waals surface area (Å²) in [6, 6.07) is 9.49. The molecule has 160 valence electrons. The number of unbranched alkanes of at least 4 members (excludes halogenated alkanes) is 2. The summed E-state index contributed by atoms with van der Waals surface area (Å²) >= 11 is 5.26. The summed E-state index contributed by atoms with van der Waals surface area (Å²) in [6.07, 6.45) is 4.83. The molecule has 0 spiro atoms. The number of nitrogens with zero attached hydrogens (tertiary/aromatic N) is 2. The van der Waals surface area contributed by atoms with E-state index in [0.717, 1.165) is 36.3 Å². The molecule has 2 aromatic rings. The zero-order valence-corrected chi connectivity index (χ0v) is 18.4. The molecule has 0 bridgehead atoms. The Morgan fingerprint density at radius 1 is 1.30 bits per heavy atom. The second-order valence-electron chi connectivity index (χ2n) is 7.38. The van der Waals surface area contributed by atoms with Crippen molar-refractivity contribution in [2.24, 2.45) is 0 Å². The van der Waals surface area contributed by atoms with Crippen molar-refractivity contribution >= 4 is 34.6 Å². The van der Waals surface area contributed by atoms with E-state index in [9.17, 15) is 4.79 Å². The first-order valence-corrected chi connectivity index (χ1v) is 10.5. The minimum Gasteiger partial charge on any atom is -0.480 e. The minimum atomic E-state index is -0.603. The smallest absolute Gasteiger partial charge is 0.267 e. The van der Waals surface area contributed by atoms with Crippen LogP contribution in [0.1, 0.15) is 31.7 Å². The molecule has 1 aliphatic rings. The van der Waals surface area contributed by atoms with Gasteiger partial charge in [-0.15, -0.1) is 0 Å². The average Bonchev–Trinajstić information content (AvgIpc) is 3.16. The van der Waals surface area contributed by atoms with Crippen LogP contribution in [0.5, 0.6) is 11.6 Å². The van der Waals surface area contributed by atoms with Crippen LogP contribution in [-0.2, 0) is 11.2 Å². The van der Waals surface area contributed by atoms with E-state index < -0.39 is 6.10 Å². The van der Waals surface area contributed by atoms with E-state index in [2.05, 4.69) is 22.5 Å². The highest BCUT2D eigenvalue weighted by molar-refractivity contribution is 7.80. The lowest BCUT2D eigenvalue weighted by atomic mass is 10.1. The number of hydrogen-bond donors (Lipinski definition) is 2. The maximum Gasteiger partial charge on any atom is 0.267 e. The summed E-state index contributed by atoms with van der Waals surface area (Å²) < 4.78 is 11.4. The number of hydrogen-bond acceptors (Lipinski definition) is 6. The van der Waals surface area contributed by atoms with Crippen LogP contribution >= 0.6 is 12.2 Å². The van der Waals surface area contributed by atoms with E-state index in [1.54, 1.807) is 12.3 Å². The number of rotatable bonds is 8. The minimum absolute atomic E-state index is 0.201. The fourth-order valence-corrected chi connectivity index (χ4v) is 3.30. The van der Waals surface area contributed by atoms with Gasteiger partial charge in [0.2, 0.25) is 5.88 Å². The highest BCUT2D eigenvalue weighted by Crippen LogP contribution is 2.32. The Hall–Kier alpha value is -2.87. The van der Waals surface area contributed by atoms with Crippen LogP contribution < -0.4 is 25.0 Å². The third-order valence-electron chi connectivity index (χ3n) is 4.76. The summed E-state index contributed by atoms with van der Waals surface area (Å²) in [4.78, 5) is 18.8. The quantitative estimate of drug-likeness (QED) is 0.492. The van der Waals surface area contributed by atoms with Gasteiger partial charge in [0.15, 0.2) is 11.2 Å². The van der Waals surface area contributed by atoms with Gasteiger partial charge in [0.1, 0.15) is 5.75 Å². The van der Waals surface area contributed by atoms with Crippen LogP contribution in [0, 0.1) is 0 Å². The summed E-state index contributed by atoms with van der Waals surface area (Å²) in [6.45, 7) is 2.81. The number of amides is 1. The van der Waals surface area contributed by atoms with Crippen molar-refractivity contribution in [2.75, 3.05) is 30.9 Å². The van der Waals surface area contributed by atoms with Gasteiger partial charge in [-0.3, -0.25) is 10.1 Å². The van der Waals surface area contributed by atoms with Crippen molar-refractivity contribution in [1.82, 2.24) is 10.3 Å². The van der Waals surface area contributed by atoms with Crippen LogP contribution in [0.2, 0.25) is 0 Å². The zero-order valence-electron chi connectivity index (χ0n) is 17.6. The van der Waals surface area contributed by atoms with E-state index in [-0.39, 0.29) is 11.0 Å². The Bertz CT molecular complexity index is 886. The predicted octanol–water partition coefficient (Wildman–Crippen LogP) is 3.53. The number of benzene rings is 1. The lowest BCUT2D eigenvalue weighted by Gasteiger charge is -2.13. The molecule has 0 aliphatic carbocycles. The van der Waals surface area contributed by atoms with Crippen LogP contribution in [0.25, 0.3) is 0 Å². The van der Waals surface area contributed by atoms with Gasteiger partial charge < -0.3 is 19.7 Å². The van der Waals surface area contributed by atoms with Gasteiger partial charge in [-0.1, -0.05) is 19.8 Å². The monoisotopic (exact) mass is 428 g/mol. The topological polar surface area (TPSA) is 75.7 Å². The first-order valence-electron chi connectivity index (χ1n) is 10.1. The molecule has 1 unspecified atom stereocenters. The van der Waals surface area contributed by atoms with Crippen LogP contribution in [-0.4, -0.2) is 42.8 Å². The number of thiocarbonyl (C=S) groups is 1. The molecular formula is C22H28N4O3S. The van der Waals surface area contributed by atoms with Crippen LogP contribution in [0.15, 0.2) is 36.5 Å². The average molecular weight is 429 g/mol. The molecule has 1 aromatic carbocycles. The second kappa shape index (κ2) is 10.2. The molecule has 1 aliphatic heterocycles. The zero-order chi connectivity index (χ0) is 21.5. The lowest BCUT2D eigenvalue weighted by Crippen LogP contribution is -2.42. The number of aromatic nitrogens is 1. The highest BCUT2D eigenvalue weighted by atomic mass is 32.1. The highest BCUT2D eigenvalue weighted by Gasteiger charge is 2.30. The number of carbonyl (C=O) groups is 1. The number of carbonyl (C=O) groups excluding carboxylic acids is 1. The maximum atomic E-state index is 12.5.